The molecule has 0 spiro atoms. The molecule has 3 aromatic rings. The number of fused-ring (bicyclic) bond motifs is 4. The van der Waals surface area contributed by atoms with Gasteiger partial charge in [0, 0.05) is 49.2 Å². The van der Waals surface area contributed by atoms with E-state index in [1.165, 1.54) is 6.07 Å². The number of benzene rings is 1. The van der Waals surface area contributed by atoms with Crippen LogP contribution in [0.2, 0.25) is 0 Å². The summed E-state index contributed by atoms with van der Waals surface area (Å²) in [6.07, 6.45) is 4.35. The Bertz CT molecular complexity index is 991. The Morgan fingerprint density at radius 1 is 1.15 bits per heavy atom. The number of halogens is 1. The lowest BCUT2D eigenvalue weighted by atomic mass is 10.1. The first-order chi connectivity index (χ1) is 13.2. The molecule has 2 aromatic heterocycles. The van der Waals surface area contributed by atoms with Crippen molar-refractivity contribution in [2.75, 3.05) is 43.5 Å². The normalized spacial score (nSPS) is 15.4. The second kappa shape index (κ2) is 7.60. The first kappa shape index (κ1) is 17.2. The van der Waals surface area contributed by atoms with Crippen LogP contribution in [0.4, 0.5) is 15.9 Å². The van der Waals surface area contributed by atoms with E-state index in [1.54, 1.807) is 22.8 Å². The van der Waals surface area contributed by atoms with Crippen molar-refractivity contribution < 1.29 is 4.39 Å². The van der Waals surface area contributed by atoms with Crippen molar-refractivity contribution in [1.29, 1.82) is 0 Å². The third kappa shape index (κ3) is 3.68. The second-order valence-corrected chi connectivity index (χ2v) is 6.46. The molecule has 0 aliphatic carbocycles. The molecule has 0 unspecified atom stereocenters. The van der Waals surface area contributed by atoms with Gasteiger partial charge in [-0.25, -0.2) is 25.4 Å². The van der Waals surface area contributed by atoms with Crippen LogP contribution in [0.25, 0.3) is 21.6 Å². The largest absolute Gasteiger partial charge is 0.385 e. The lowest BCUT2D eigenvalue weighted by molar-refractivity contribution is 0.311. The van der Waals surface area contributed by atoms with Gasteiger partial charge < -0.3 is 10.6 Å². The van der Waals surface area contributed by atoms with E-state index in [9.17, 15) is 4.39 Å². The minimum atomic E-state index is -0.303. The zero-order valence-electron chi connectivity index (χ0n) is 14.8. The summed E-state index contributed by atoms with van der Waals surface area (Å²) in [5.74, 6) is 0.403. The third-order valence-corrected chi connectivity index (χ3v) is 4.61. The van der Waals surface area contributed by atoms with Crippen LogP contribution < -0.4 is 10.6 Å². The highest BCUT2D eigenvalue weighted by Gasteiger charge is 2.15. The molecule has 0 fully saturated rings. The molecule has 0 radical (unpaired) electrons. The maximum atomic E-state index is 14.5. The summed E-state index contributed by atoms with van der Waals surface area (Å²) in [6.45, 7) is 10.5. The number of anilines is 2. The van der Waals surface area contributed by atoms with Gasteiger partial charge in [-0.05, 0) is 30.7 Å². The van der Waals surface area contributed by atoms with E-state index >= 15 is 0 Å². The van der Waals surface area contributed by atoms with Crippen LogP contribution in [0.1, 0.15) is 6.42 Å². The molecular formula is C19H20FN7. The summed E-state index contributed by atoms with van der Waals surface area (Å²) in [7, 11) is 0. The van der Waals surface area contributed by atoms with Gasteiger partial charge in [0.1, 0.15) is 11.6 Å². The van der Waals surface area contributed by atoms with E-state index in [0.717, 1.165) is 31.7 Å². The first-order valence-corrected chi connectivity index (χ1v) is 8.92. The Morgan fingerprint density at radius 2 is 2.07 bits per heavy atom. The molecule has 1 aliphatic heterocycles. The van der Waals surface area contributed by atoms with Gasteiger partial charge in [0.25, 0.3) is 6.67 Å². The fourth-order valence-corrected chi connectivity index (χ4v) is 3.23. The summed E-state index contributed by atoms with van der Waals surface area (Å²) in [6, 6.07) is 6.84. The lowest BCUT2D eigenvalue weighted by Gasteiger charge is -2.17. The number of hydrogen-bond donors (Lipinski definition) is 2. The quantitative estimate of drug-likeness (QED) is 0.650. The van der Waals surface area contributed by atoms with Crippen molar-refractivity contribution >= 4 is 17.2 Å². The van der Waals surface area contributed by atoms with Crippen molar-refractivity contribution in [1.82, 2.24) is 19.5 Å². The van der Waals surface area contributed by atoms with E-state index < -0.39 is 0 Å². The van der Waals surface area contributed by atoms with Crippen molar-refractivity contribution in [3.05, 3.63) is 53.9 Å². The van der Waals surface area contributed by atoms with E-state index in [-0.39, 0.29) is 5.82 Å². The van der Waals surface area contributed by atoms with Gasteiger partial charge in [-0.15, -0.1) is 0 Å². The maximum absolute atomic E-state index is 14.5. The van der Waals surface area contributed by atoms with Crippen LogP contribution in [-0.2, 0) is 0 Å². The summed E-state index contributed by atoms with van der Waals surface area (Å²) >= 11 is 0. The summed E-state index contributed by atoms with van der Waals surface area (Å²) in [5, 5.41) is 10.9. The summed E-state index contributed by atoms with van der Waals surface area (Å²) in [4.78, 5) is 10.2. The van der Waals surface area contributed by atoms with Gasteiger partial charge in [-0.3, -0.25) is 4.85 Å². The topological polar surface area (TPSA) is 61.8 Å². The van der Waals surface area contributed by atoms with Crippen molar-refractivity contribution in [2.24, 2.45) is 0 Å². The summed E-state index contributed by atoms with van der Waals surface area (Å²) < 4.78 is 16.1. The number of aromatic nitrogens is 3. The molecule has 27 heavy (non-hydrogen) atoms. The maximum Gasteiger partial charge on any atom is 0.270 e. The summed E-state index contributed by atoms with van der Waals surface area (Å²) in [5.41, 5.74) is 2.59. The van der Waals surface area contributed by atoms with Crippen LogP contribution in [0.15, 0.2) is 36.7 Å². The van der Waals surface area contributed by atoms with E-state index in [4.69, 9.17) is 6.57 Å². The van der Waals surface area contributed by atoms with Crippen molar-refractivity contribution in [3.63, 3.8) is 0 Å². The van der Waals surface area contributed by atoms with Crippen LogP contribution >= 0.6 is 0 Å². The van der Waals surface area contributed by atoms with E-state index in [1.807, 2.05) is 12.3 Å². The molecule has 8 heteroatoms. The molecule has 4 bridgehead atoms. The van der Waals surface area contributed by atoms with Crippen molar-refractivity contribution in [2.45, 2.75) is 6.42 Å². The Morgan fingerprint density at radius 3 is 2.96 bits per heavy atom. The average Bonchev–Trinajstić information content (AvgIpc) is 3.09. The van der Waals surface area contributed by atoms with Crippen LogP contribution in [0, 0.1) is 12.4 Å². The molecular weight excluding hydrogens is 345 g/mol. The Labute approximate surface area is 156 Å². The lowest BCUT2D eigenvalue weighted by Crippen LogP contribution is -2.31. The van der Waals surface area contributed by atoms with Crippen LogP contribution in [0.5, 0.6) is 0 Å². The van der Waals surface area contributed by atoms with Gasteiger partial charge in [-0.2, -0.15) is 5.10 Å². The van der Waals surface area contributed by atoms with Gasteiger partial charge in [0.15, 0.2) is 5.65 Å². The predicted molar refractivity (Wildman–Crippen MR) is 103 cm³/mol. The number of rotatable bonds is 1. The minimum absolute atomic E-state index is 0.303. The highest BCUT2D eigenvalue weighted by Crippen LogP contribution is 2.29. The smallest absolute Gasteiger partial charge is 0.270 e. The molecule has 4 rings (SSSR count). The van der Waals surface area contributed by atoms with Crippen LogP contribution in [-0.4, -0.2) is 52.3 Å². The van der Waals surface area contributed by atoms with Crippen LogP contribution in [0.3, 0.4) is 0 Å². The van der Waals surface area contributed by atoms with Gasteiger partial charge in [0.05, 0.1) is 6.20 Å². The molecule has 7 nitrogen and oxygen atoms in total. The van der Waals surface area contributed by atoms with Crippen molar-refractivity contribution in [3.8, 4) is 11.1 Å². The molecule has 0 amide bonds. The fourth-order valence-electron chi connectivity index (χ4n) is 3.23. The minimum Gasteiger partial charge on any atom is -0.385 e. The molecule has 0 saturated heterocycles. The van der Waals surface area contributed by atoms with Gasteiger partial charge in [-0.1, -0.05) is 0 Å². The Balaban J connectivity index is 1.74. The zero-order valence-corrected chi connectivity index (χ0v) is 14.8. The van der Waals surface area contributed by atoms with E-state index in [2.05, 4.69) is 30.5 Å². The number of nitrogens with zero attached hydrogens (tertiary/aromatic N) is 5. The molecule has 138 valence electrons. The number of nitrogens with one attached hydrogen (secondary N) is 2. The molecule has 2 N–H and O–H groups in total. The predicted octanol–water partition coefficient (Wildman–Crippen LogP) is 2.94. The SMILES string of the molecule is [C-]#[N+]CN1CCCNc2ccc(F)c(c2)-c2cnn3ccc(nc23)NCC1. The average molecular weight is 365 g/mol. The Hall–Kier alpha value is -3.18. The first-order valence-electron chi connectivity index (χ1n) is 8.92. The fraction of sp³-hybridized carbons (Fsp3) is 0.316. The van der Waals surface area contributed by atoms with Gasteiger partial charge >= 0.3 is 0 Å². The molecule has 0 saturated carbocycles. The second-order valence-electron chi connectivity index (χ2n) is 6.46. The van der Waals surface area contributed by atoms with E-state index in [0.29, 0.717) is 35.8 Å². The van der Waals surface area contributed by atoms with Gasteiger partial charge in [0.2, 0.25) is 0 Å². The molecule has 3 heterocycles. The zero-order chi connectivity index (χ0) is 18.6. The molecule has 0 atom stereocenters. The monoisotopic (exact) mass is 365 g/mol. The highest BCUT2D eigenvalue weighted by atomic mass is 19.1. The highest BCUT2D eigenvalue weighted by molar-refractivity contribution is 5.80. The third-order valence-electron chi connectivity index (χ3n) is 4.61. The number of hydrogen-bond acceptors (Lipinski definition) is 5. The standard InChI is InChI=1S/C19H20FN7/c1-21-13-26-8-2-6-22-14-3-4-17(20)15(11-14)16-12-24-27-9-5-18(23-7-10-26)25-19(16)27/h3-5,9,11-12,22H,2,6-8,10,13H2,(H,23,25). The molecule has 1 aliphatic rings. The molecule has 1 aromatic carbocycles. The Kier molecular flexibility index (Phi) is 4.85.